The third-order valence-corrected chi connectivity index (χ3v) is 18.0. The Balaban J connectivity index is 1.00. The molecule has 1 amide bonds. The fourth-order valence-electron chi connectivity index (χ4n) is 9.49. The minimum absolute atomic E-state index is 0.0149. The lowest BCUT2D eigenvalue weighted by atomic mass is 9.73. The Morgan fingerprint density at radius 2 is 1.56 bits per heavy atom. The van der Waals surface area contributed by atoms with Crippen molar-refractivity contribution >= 4 is 72.0 Å². The van der Waals surface area contributed by atoms with Crippen LogP contribution >= 0.6 is 23.4 Å². The monoisotopic (exact) mass is 1070 g/mol. The van der Waals surface area contributed by atoms with Crippen molar-refractivity contribution in [1.82, 2.24) is 14.5 Å². The van der Waals surface area contributed by atoms with Gasteiger partial charge in [0.1, 0.15) is 4.90 Å². The van der Waals surface area contributed by atoms with Gasteiger partial charge < -0.3 is 19.9 Å². The lowest BCUT2D eigenvalue weighted by Crippen LogP contribution is -2.47. The molecule has 2 heterocycles. The molecule has 19 heteroatoms. The molecule has 4 aromatic carbocycles. The molecule has 0 unspecified atom stereocenters. The van der Waals surface area contributed by atoms with Gasteiger partial charge >= 0.3 is 11.5 Å². The van der Waals surface area contributed by atoms with Crippen molar-refractivity contribution in [3.05, 3.63) is 119 Å². The number of rotatable bonds is 20. The number of amides is 1. The second kappa shape index (κ2) is 24.2. The van der Waals surface area contributed by atoms with Crippen LogP contribution in [-0.4, -0.2) is 115 Å². The minimum atomic E-state index is -6.10. The van der Waals surface area contributed by atoms with E-state index in [1.165, 1.54) is 40.6 Å². The highest BCUT2D eigenvalue weighted by atomic mass is 35.5. The summed E-state index contributed by atoms with van der Waals surface area (Å²) in [4.78, 5) is 31.6. The molecular weight excluding hydrogens is 1010 g/mol. The van der Waals surface area contributed by atoms with E-state index in [0.29, 0.717) is 62.3 Å². The highest BCUT2D eigenvalue weighted by Gasteiger charge is 2.48. The van der Waals surface area contributed by atoms with Gasteiger partial charge in [0.2, 0.25) is 0 Å². The number of hydrogen-bond acceptors (Lipinski definition) is 12. The van der Waals surface area contributed by atoms with E-state index in [2.05, 4.69) is 46.0 Å². The van der Waals surface area contributed by atoms with Gasteiger partial charge in [-0.25, -0.2) is 21.6 Å². The summed E-state index contributed by atoms with van der Waals surface area (Å²) in [5, 5.41) is 3.72. The van der Waals surface area contributed by atoms with Gasteiger partial charge in [0.15, 0.2) is 0 Å². The number of carbonyl (C=O) groups excluding carboxylic acids is 2. The Morgan fingerprint density at radius 1 is 0.875 bits per heavy atom. The number of halogens is 4. The zero-order valence-electron chi connectivity index (χ0n) is 41.1. The van der Waals surface area contributed by atoms with Crippen molar-refractivity contribution < 1.29 is 44.3 Å². The van der Waals surface area contributed by atoms with Crippen molar-refractivity contribution in [1.29, 1.82) is 0 Å². The van der Waals surface area contributed by atoms with E-state index in [4.69, 9.17) is 16.3 Å². The number of unbranched alkanes of at least 4 members (excludes halogenated alkanes) is 1. The number of sulfone groups is 1. The molecule has 2 N–H and O–H groups in total. The predicted octanol–water partition coefficient (Wildman–Crippen LogP) is 10.6. The number of carbonyl (C=O) groups is 2. The number of allylic oxidation sites excluding steroid dienone is 1. The van der Waals surface area contributed by atoms with Gasteiger partial charge in [0.25, 0.3) is 25.8 Å². The summed E-state index contributed by atoms with van der Waals surface area (Å²) < 4.78 is 104. The van der Waals surface area contributed by atoms with E-state index in [9.17, 15) is 39.6 Å². The number of sulfonamides is 1. The molecule has 0 saturated carbocycles. The van der Waals surface area contributed by atoms with Gasteiger partial charge in [-0.15, -0.1) is 11.8 Å². The first-order valence-electron chi connectivity index (χ1n) is 24.6. The van der Waals surface area contributed by atoms with E-state index < -0.39 is 52.8 Å². The van der Waals surface area contributed by atoms with E-state index in [1.807, 2.05) is 54.1 Å². The highest BCUT2D eigenvalue weighted by molar-refractivity contribution is 7.99. The molecule has 7 rings (SSSR count). The van der Waals surface area contributed by atoms with Crippen LogP contribution in [0.1, 0.15) is 88.1 Å². The van der Waals surface area contributed by atoms with Crippen LogP contribution in [0.2, 0.25) is 5.02 Å². The molecule has 0 aromatic heterocycles. The summed E-state index contributed by atoms with van der Waals surface area (Å²) in [5.41, 5.74) is -1.13. The van der Waals surface area contributed by atoms with E-state index in [-0.39, 0.29) is 22.9 Å². The number of benzene rings is 4. The van der Waals surface area contributed by atoms with Crippen LogP contribution in [-0.2, 0) is 29.4 Å². The number of hydrogen-bond donors (Lipinski definition) is 2. The van der Waals surface area contributed by atoms with E-state index in [0.717, 1.165) is 87.5 Å². The van der Waals surface area contributed by atoms with Crippen molar-refractivity contribution in [3.63, 3.8) is 0 Å². The molecule has 0 radical (unpaired) electrons. The summed E-state index contributed by atoms with van der Waals surface area (Å²) in [7, 11) is -11.0. The summed E-state index contributed by atoms with van der Waals surface area (Å²) in [6.07, 6.45) is 6.41. The molecule has 4 aromatic rings. The first-order valence-corrected chi connectivity index (χ1v) is 28.9. The highest BCUT2D eigenvalue weighted by Crippen LogP contribution is 2.43. The first kappa shape index (κ1) is 55.2. The summed E-state index contributed by atoms with van der Waals surface area (Å²) >= 11 is 7.62. The van der Waals surface area contributed by atoms with Crippen LogP contribution < -0.4 is 14.9 Å². The van der Waals surface area contributed by atoms with Crippen LogP contribution in [0.5, 0.6) is 0 Å². The maximum atomic E-state index is 14.3. The van der Waals surface area contributed by atoms with Crippen LogP contribution in [0.15, 0.2) is 117 Å². The SMILES string of the molecule is CCCCOC(=O)C1CCN(CC[C@H](CSc2ccccc2)Nc2ccc(S(=O)(=O)NC(=O)c3ccc(N4CCN(CC5=C(c6ccc(Cl)cc6)CCC(C)(C)C5)CC4)cc3)cc2S(=O)(=O)C(F)(F)F)CC1. The molecule has 2 aliphatic heterocycles. The maximum absolute atomic E-state index is 14.3. The molecule has 1 atom stereocenters. The number of piperidine rings is 1. The fraction of sp³-hybridized carbons (Fsp3) is 0.472. The fourth-order valence-corrected chi connectivity index (χ4v) is 12.6. The van der Waals surface area contributed by atoms with Gasteiger partial charge in [-0.05, 0) is 141 Å². The second-order valence-corrected chi connectivity index (χ2v) is 24.8. The third kappa shape index (κ3) is 14.6. The molecule has 2 fully saturated rings. The smallest absolute Gasteiger partial charge is 0.465 e. The molecule has 72 heavy (non-hydrogen) atoms. The van der Waals surface area contributed by atoms with Crippen LogP contribution in [0, 0.1) is 11.3 Å². The Bertz CT molecular complexity index is 2750. The number of ether oxygens (including phenoxy) is 1. The normalized spacial score (nSPS) is 17.9. The van der Waals surface area contributed by atoms with Gasteiger partial charge in [-0.1, -0.05) is 74.7 Å². The van der Waals surface area contributed by atoms with Crippen molar-refractivity contribution in [2.45, 2.75) is 98.4 Å². The molecular formula is C53H65ClF3N5O7S3. The van der Waals surface area contributed by atoms with Crippen molar-refractivity contribution in [2.75, 3.05) is 74.9 Å². The van der Waals surface area contributed by atoms with Crippen LogP contribution in [0.25, 0.3) is 5.57 Å². The number of anilines is 2. The van der Waals surface area contributed by atoms with Gasteiger partial charge in [-0.2, -0.15) is 13.2 Å². The van der Waals surface area contributed by atoms with E-state index in [1.54, 1.807) is 12.1 Å². The quantitative estimate of drug-likeness (QED) is 0.0494. The number of thioether (sulfide) groups is 1. The number of nitrogens with one attached hydrogen (secondary N) is 2. The molecule has 0 bridgehead atoms. The molecule has 390 valence electrons. The lowest BCUT2D eigenvalue weighted by molar-refractivity contribution is -0.150. The number of nitrogens with zero attached hydrogens (tertiary/aromatic N) is 3. The second-order valence-electron chi connectivity index (χ2n) is 19.7. The molecule has 3 aliphatic rings. The molecule has 2 saturated heterocycles. The Morgan fingerprint density at radius 3 is 2.21 bits per heavy atom. The average Bonchev–Trinajstić information content (AvgIpc) is 3.35. The maximum Gasteiger partial charge on any atom is 0.501 e. The molecule has 0 spiro atoms. The minimum Gasteiger partial charge on any atom is -0.465 e. The number of likely N-dealkylation sites (tertiary alicyclic amines) is 1. The van der Waals surface area contributed by atoms with E-state index >= 15 is 0 Å². The third-order valence-electron chi connectivity index (χ3n) is 13.7. The first-order chi connectivity index (χ1) is 34.2. The molecule has 1 aliphatic carbocycles. The number of piperazine rings is 1. The summed E-state index contributed by atoms with van der Waals surface area (Å²) in [6, 6.07) is 25.6. The molecule has 12 nitrogen and oxygen atoms in total. The predicted molar refractivity (Wildman–Crippen MR) is 280 cm³/mol. The Kier molecular flexibility index (Phi) is 18.5. The van der Waals surface area contributed by atoms with Crippen LogP contribution in [0.4, 0.5) is 24.5 Å². The number of esters is 1. The van der Waals surface area contributed by atoms with Crippen molar-refractivity contribution in [3.8, 4) is 0 Å². The van der Waals surface area contributed by atoms with Crippen molar-refractivity contribution in [2.24, 2.45) is 11.3 Å². The zero-order valence-corrected chi connectivity index (χ0v) is 44.3. The summed E-state index contributed by atoms with van der Waals surface area (Å²) in [6.45, 7) is 12.7. The number of alkyl halides is 3. The van der Waals surface area contributed by atoms with Gasteiger partial charge in [0, 0.05) is 72.2 Å². The Hall–Kier alpha value is -4.59. The standard InChI is InChI=1S/C53H65ClF3N5O7S3/c1-4-5-33-69-51(64)40-22-26-60(27-23-40)28-24-43(37-70-45-9-7-6-8-10-45)58-48-20-19-46(34-49(48)71(65,66)53(55,56)57)72(67,68)59-50(63)39-13-17-44(18-14-39)62-31-29-61(30-32-62)36-41-35-52(2,3)25-21-47(41)38-11-15-42(54)16-12-38/h6-20,34,40,43,58H,4-5,21-33,35-37H2,1-3H3,(H,59,63)/t43-/m1/s1. The average molecular weight is 1070 g/mol. The topological polar surface area (TPSA) is 145 Å². The zero-order chi connectivity index (χ0) is 51.7. The van der Waals surface area contributed by atoms with Gasteiger partial charge in [0.05, 0.1) is 23.1 Å². The summed E-state index contributed by atoms with van der Waals surface area (Å²) in [5.74, 6) is -1.14. The largest absolute Gasteiger partial charge is 0.501 e. The Labute approximate surface area is 432 Å². The van der Waals surface area contributed by atoms with Crippen LogP contribution in [0.3, 0.4) is 0 Å². The lowest BCUT2D eigenvalue weighted by Gasteiger charge is -2.39. The van der Waals surface area contributed by atoms with Gasteiger partial charge in [-0.3, -0.25) is 14.5 Å².